The van der Waals surface area contributed by atoms with E-state index in [1.807, 2.05) is 18.2 Å². The molecule has 148 valence electrons. The maximum atomic E-state index is 12.7. The Kier molecular flexibility index (Phi) is 5.77. The van der Waals surface area contributed by atoms with Gasteiger partial charge in [-0.3, -0.25) is 19.4 Å². The molecule has 1 aliphatic heterocycles. The summed E-state index contributed by atoms with van der Waals surface area (Å²) < 4.78 is 14.9. The van der Waals surface area contributed by atoms with Crippen LogP contribution in [-0.4, -0.2) is 48.6 Å². The van der Waals surface area contributed by atoms with Crippen molar-refractivity contribution in [2.45, 2.75) is 32.4 Å². The Morgan fingerprint density at radius 1 is 1.18 bits per heavy atom. The van der Waals surface area contributed by atoms with Gasteiger partial charge in [-0.25, -0.2) is 0 Å². The van der Waals surface area contributed by atoms with Crippen LogP contribution in [0, 0.1) is 0 Å². The molecular formula is C20H22N2O6. The first-order valence-corrected chi connectivity index (χ1v) is 8.96. The maximum Gasteiger partial charge on any atom is 0.315 e. The molecule has 1 aromatic carbocycles. The zero-order chi connectivity index (χ0) is 20.3. The number of fused-ring (bicyclic) bond motifs is 2. The van der Waals surface area contributed by atoms with E-state index in [0.29, 0.717) is 11.4 Å². The van der Waals surface area contributed by atoms with Gasteiger partial charge < -0.3 is 19.1 Å². The minimum absolute atomic E-state index is 0.0254. The molecule has 1 atom stereocenters. The molecule has 1 unspecified atom stereocenters. The second-order valence-corrected chi connectivity index (χ2v) is 6.39. The summed E-state index contributed by atoms with van der Waals surface area (Å²) in [6, 6.07) is 6.84. The Labute approximate surface area is 162 Å². The van der Waals surface area contributed by atoms with Crippen molar-refractivity contribution >= 4 is 28.7 Å². The summed E-state index contributed by atoms with van der Waals surface area (Å²) >= 11 is 0. The van der Waals surface area contributed by atoms with Crippen LogP contribution in [0.15, 0.2) is 24.3 Å². The van der Waals surface area contributed by atoms with E-state index < -0.39 is 30.3 Å². The number of esters is 2. The van der Waals surface area contributed by atoms with E-state index in [1.165, 1.54) is 12.0 Å². The fourth-order valence-electron chi connectivity index (χ4n) is 3.34. The number of hydrogen-bond acceptors (Lipinski definition) is 7. The molecule has 1 aromatic heterocycles. The molecule has 1 aliphatic rings. The lowest BCUT2D eigenvalue weighted by atomic mass is 10.1. The lowest BCUT2D eigenvalue weighted by Gasteiger charge is -2.23. The summed E-state index contributed by atoms with van der Waals surface area (Å²) in [4.78, 5) is 42.5. The highest BCUT2D eigenvalue weighted by molar-refractivity contribution is 5.95. The molecule has 0 N–H and O–H groups in total. The molecule has 8 heteroatoms. The minimum Gasteiger partial charge on any atom is -0.497 e. The molecule has 0 spiro atoms. The fraction of sp³-hybridized carbons (Fsp3) is 0.400. The third kappa shape index (κ3) is 3.90. The Bertz CT molecular complexity index is 926. The number of nitrogens with zero attached hydrogens (tertiary/aromatic N) is 2. The Hall–Kier alpha value is -3.16. The van der Waals surface area contributed by atoms with Gasteiger partial charge in [0.2, 0.25) is 5.91 Å². The Balaban J connectivity index is 1.98. The molecular weight excluding hydrogens is 364 g/mol. The maximum absolute atomic E-state index is 12.7. The van der Waals surface area contributed by atoms with Crippen molar-refractivity contribution in [2.24, 2.45) is 0 Å². The zero-order valence-electron chi connectivity index (χ0n) is 16.1. The minimum atomic E-state index is -0.626. The average molecular weight is 386 g/mol. The zero-order valence-corrected chi connectivity index (χ0v) is 16.1. The van der Waals surface area contributed by atoms with Crippen LogP contribution < -0.4 is 4.74 Å². The molecule has 8 nitrogen and oxygen atoms in total. The normalized spacial score (nSPS) is 15.2. The van der Waals surface area contributed by atoms with Gasteiger partial charge in [-0.05, 0) is 36.8 Å². The fourth-order valence-corrected chi connectivity index (χ4v) is 3.34. The van der Waals surface area contributed by atoms with Crippen LogP contribution in [0.1, 0.15) is 37.1 Å². The van der Waals surface area contributed by atoms with Crippen LogP contribution in [0.4, 0.5) is 0 Å². The standard InChI is InChI=1S/C20H22N2O6/c1-4-28-19(25)9-16-20-13(11-22(16)17(23)10-18(24)27-3)7-12-8-14(26-2)5-6-15(12)21-20/h5-8,16H,4,9-11H2,1-3H3. The van der Waals surface area contributed by atoms with Crippen LogP contribution in [0.25, 0.3) is 10.9 Å². The summed E-state index contributed by atoms with van der Waals surface area (Å²) in [6.07, 6.45) is -0.417. The third-order valence-corrected chi connectivity index (χ3v) is 4.68. The van der Waals surface area contributed by atoms with Crippen LogP contribution >= 0.6 is 0 Å². The van der Waals surface area contributed by atoms with E-state index >= 15 is 0 Å². The molecule has 28 heavy (non-hydrogen) atoms. The van der Waals surface area contributed by atoms with E-state index in [2.05, 4.69) is 9.72 Å². The van der Waals surface area contributed by atoms with Crippen LogP contribution in [0.5, 0.6) is 5.75 Å². The van der Waals surface area contributed by atoms with Crippen molar-refractivity contribution < 1.29 is 28.6 Å². The van der Waals surface area contributed by atoms with Crippen LogP contribution in [0.3, 0.4) is 0 Å². The summed E-state index contributed by atoms with van der Waals surface area (Å²) in [5.41, 5.74) is 2.20. The predicted molar refractivity (Wildman–Crippen MR) is 99.5 cm³/mol. The predicted octanol–water partition coefficient (Wildman–Crippen LogP) is 2.14. The Morgan fingerprint density at radius 3 is 2.64 bits per heavy atom. The number of methoxy groups -OCH3 is 2. The highest BCUT2D eigenvalue weighted by atomic mass is 16.5. The van der Waals surface area contributed by atoms with Gasteiger partial charge in [-0.1, -0.05) is 0 Å². The topological polar surface area (TPSA) is 95.0 Å². The lowest BCUT2D eigenvalue weighted by Crippen LogP contribution is -2.33. The van der Waals surface area contributed by atoms with Crippen molar-refractivity contribution in [3.8, 4) is 5.75 Å². The second kappa shape index (κ2) is 8.24. The summed E-state index contributed by atoms with van der Waals surface area (Å²) in [7, 11) is 2.82. The van der Waals surface area contributed by atoms with E-state index in [-0.39, 0.29) is 19.6 Å². The lowest BCUT2D eigenvalue weighted by molar-refractivity contribution is -0.149. The molecule has 0 bridgehead atoms. The van der Waals surface area contributed by atoms with Gasteiger partial charge in [-0.2, -0.15) is 0 Å². The van der Waals surface area contributed by atoms with Gasteiger partial charge in [-0.15, -0.1) is 0 Å². The van der Waals surface area contributed by atoms with Gasteiger partial charge in [0.05, 0.1) is 44.5 Å². The van der Waals surface area contributed by atoms with E-state index in [9.17, 15) is 14.4 Å². The number of hydrogen-bond donors (Lipinski definition) is 0. The first-order valence-electron chi connectivity index (χ1n) is 8.96. The number of amides is 1. The smallest absolute Gasteiger partial charge is 0.315 e. The largest absolute Gasteiger partial charge is 0.497 e. The molecule has 2 aromatic rings. The first kappa shape index (κ1) is 19.6. The van der Waals surface area contributed by atoms with Crippen molar-refractivity contribution in [2.75, 3.05) is 20.8 Å². The monoisotopic (exact) mass is 386 g/mol. The number of benzene rings is 1. The molecule has 0 aliphatic carbocycles. The van der Waals surface area contributed by atoms with E-state index in [1.54, 1.807) is 20.1 Å². The van der Waals surface area contributed by atoms with Gasteiger partial charge >= 0.3 is 11.9 Å². The summed E-state index contributed by atoms with van der Waals surface area (Å²) in [5.74, 6) is -0.763. The molecule has 0 fully saturated rings. The Morgan fingerprint density at radius 2 is 1.96 bits per heavy atom. The highest BCUT2D eigenvalue weighted by Crippen LogP contribution is 2.37. The number of carbonyl (C=O) groups is 3. The van der Waals surface area contributed by atoms with Gasteiger partial charge in [0.15, 0.2) is 0 Å². The molecule has 0 radical (unpaired) electrons. The van der Waals surface area contributed by atoms with Crippen LogP contribution in [-0.2, 0) is 30.4 Å². The van der Waals surface area contributed by atoms with Crippen molar-refractivity contribution in [3.05, 3.63) is 35.5 Å². The average Bonchev–Trinajstić information content (AvgIpc) is 3.03. The van der Waals surface area contributed by atoms with Gasteiger partial charge in [0.1, 0.15) is 12.2 Å². The number of ether oxygens (including phenoxy) is 3. The SMILES string of the molecule is CCOC(=O)CC1c2nc3ccc(OC)cc3cc2CN1C(=O)CC(=O)OC. The van der Waals surface area contributed by atoms with Gasteiger partial charge in [0.25, 0.3) is 0 Å². The number of carbonyl (C=O) groups excluding carboxylic acids is 3. The molecule has 0 saturated heterocycles. The second-order valence-electron chi connectivity index (χ2n) is 6.39. The summed E-state index contributed by atoms with van der Waals surface area (Å²) in [6.45, 7) is 2.23. The first-order chi connectivity index (χ1) is 13.5. The molecule has 3 rings (SSSR count). The molecule has 1 amide bonds. The molecule has 2 heterocycles. The van der Waals surface area contributed by atoms with Gasteiger partial charge in [0, 0.05) is 11.9 Å². The van der Waals surface area contributed by atoms with Crippen LogP contribution in [0.2, 0.25) is 0 Å². The number of aromatic nitrogens is 1. The van der Waals surface area contributed by atoms with E-state index in [0.717, 1.165) is 16.5 Å². The van der Waals surface area contributed by atoms with Crippen molar-refractivity contribution in [1.29, 1.82) is 0 Å². The number of pyridine rings is 1. The third-order valence-electron chi connectivity index (χ3n) is 4.68. The number of rotatable bonds is 6. The molecule has 0 saturated carbocycles. The van der Waals surface area contributed by atoms with E-state index in [4.69, 9.17) is 9.47 Å². The van der Waals surface area contributed by atoms with Crippen molar-refractivity contribution in [1.82, 2.24) is 9.88 Å². The quantitative estimate of drug-likeness (QED) is 0.554. The summed E-state index contributed by atoms with van der Waals surface area (Å²) in [5, 5.41) is 0.871. The van der Waals surface area contributed by atoms with Crippen molar-refractivity contribution in [3.63, 3.8) is 0 Å². The highest BCUT2D eigenvalue weighted by Gasteiger charge is 2.37.